The molecule has 0 saturated heterocycles. The van der Waals surface area contributed by atoms with Gasteiger partial charge < -0.3 is 15.3 Å². The van der Waals surface area contributed by atoms with E-state index in [9.17, 15) is 0 Å². The van der Waals surface area contributed by atoms with Gasteiger partial charge in [0.25, 0.3) is 5.97 Å². The zero-order valence-electron chi connectivity index (χ0n) is 4.63. The summed E-state index contributed by atoms with van der Waals surface area (Å²) in [6.07, 6.45) is 2.40. The first-order chi connectivity index (χ1) is 4.21. The molecule has 0 atom stereocenters. The quantitative estimate of drug-likeness (QED) is 0.240. The van der Waals surface area contributed by atoms with Crippen molar-refractivity contribution in [2.75, 3.05) is 0 Å². The zero-order chi connectivity index (χ0) is 8.41. The van der Waals surface area contributed by atoms with Crippen LogP contribution in [0.4, 0.5) is 0 Å². The van der Waals surface area contributed by atoms with Crippen LogP contribution in [0.15, 0.2) is 12.2 Å². The van der Waals surface area contributed by atoms with Gasteiger partial charge in [0.2, 0.25) is 0 Å². The first-order valence-electron chi connectivity index (χ1n) is 2.15. The van der Waals surface area contributed by atoms with Crippen LogP contribution in [0.5, 0.6) is 0 Å². The van der Waals surface area contributed by atoms with Crippen molar-refractivity contribution in [3.63, 3.8) is 0 Å². The lowest BCUT2D eigenvalue weighted by molar-refractivity contribution is -0.273. The lowest BCUT2D eigenvalue weighted by atomic mass is 10.5. The molecule has 0 amide bonds. The number of aliphatic hydroxyl groups is 3. The monoisotopic (exact) mass is 482 g/mol. The molecule has 0 aliphatic carbocycles. The highest BCUT2D eigenvalue weighted by atomic mass is 127. The Balaban J connectivity index is 4.01. The van der Waals surface area contributed by atoms with Crippen LogP contribution in [0.3, 0.4) is 0 Å². The molecule has 0 saturated carbocycles. The summed E-state index contributed by atoms with van der Waals surface area (Å²) < 4.78 is -0.243. The van der Waals surface area contributed by atoms with Gasteiger partial charge in [0, 0.05) is 6.08 Å². The van der Waals surface area contributed by atoms with E-state index in [-0.39, 0.29) is -0.565 Å². The van der Waals surface area contributed by atoms with Crippen molar-refractivity contribution >= 4 is 67.8 Å². The molecule has 3 nitrogen and oxygen atoms in total. The number of allylic oxidation sites excluding steroid dienone is 1. The van der Waals surface area contributed by atoms with E-state index in [0.29, 0.717) is 0 Å². The number of rotatable bonds is 2. The number of halogens is 3. The maximum Gasteiger partial charge on any atom is 0.297 e. The number of alkyl halides is 3. The maximum absolute atomic E-state index is 8.40. The van der Waals surface area contributed by atoms with Crippen molar-refractivity contribution in [3.05, 3.63) is 12.2 Å². The summed E-state index contributed by atoms with van der Waals surface area (Å²) in [5.74, 6) is -2.69. The van der Waals surface area contributed by atoms with Crippen LogP contribution in [0.25, 0.3) is 0 Å². The Morgan fingerprint density at radius 3 is 1.40 bits per heavy atom. The summed E-state index contributed by atoms with van der Waals surface area (Å²) >= 11 is 6.21. The van der Waals surface area contributed by atoms with Crippen LogP contribution >= 0.6 is 67.8 Å². The third-order valence-electron chi connectivity index (χ3n) is 0.496. The van der Waals surface area contributed by atoms with Crippen molar-refractivity contribution in [2.45, 2.75) is 5.41 Å². The molecule has 10 heavy (non-hydrogen) atoms. The molecule has 6 heteroatoms. The van der Waals surface area contributed by atoms with E-state index in [2.05, 4.69) is 67.8 Å². The Bertz CT molecular complexity index is 116. The summed E-state index contributed by atoms with van der Waals surface area (Å²) in [5, 5.41) is 25.2. The molecule has 0 aromatic rings. The molecule has 0 fully saturated rings. The van der Waals surface area contributed by atoms with Crippen LogP contribution in [0, 0.1) is 0 Å². The Morgan fingerprint density at radius 2 is 1.30 bits per heavy atom. The predicted molar refractivity (Wildman–Crippen MR) is 63.3 cm³/mol. The summed E-state index contributed by atoms with van der Waals surface area (Å²) in [5.41, 5.74) is 0. The lowest BCUT2D eigenvalue weighted by Crippen LogP contribution is -2.23. The van der Waals surface area contributed by atoms with Gasteiger partial charge in [-0.15, -0.1) is 0 Å². The highest BCUT2D eigenvalue weighted by Gasteiger charge is 2.17. The standard InChI is InChI=1S/C4H5I3O3/c5-3(6,7)1-2-4(8,9)10/h1-2,8-10H. The van der Waals surface area contributed by atoms with Crippen LogP contribution < -0.4 is 0 Å². The van der Waals surface area contributed by atoms with Crippen LogP contribution in [-0.2, 0) is 0 Å². The second-order valence-corrected chi connectivity index (χ2v) is 12.9. The lowest BCUT2D eigenvalue weighted by Gasteiger charge is -2.10. The Morgan fingerprint density at radius 1 is 0.900 bits per heavy atom. The maximum atomic E-state index is 8.40. The summed E-state index contributed by atoms with van der Waals surface area (Å²) in [7, 11) is 0. The molecule has 3 N–H and O–H groups in total. The van der Waals surface area contributed by atoms with Crippen molar-refractivity contribution in [1.29, 1.82) is 0 Å². The average Bonchev–Trinajstić information content (AvgIpc) is 1.57. The Kier molecular flexibility index (Phi) is 4.92. The fraction of sp³-hybridized carbons (Fsp3) is 0.500. The number of hydrogen-bond donors (Lipinski definition) is 3. The molecule has 0 unspecified atom stereocenters. The second kappa shape index (κ2) is 4.16. The molecule has 0 bridgehead atoms. The van der Waals surface area contributed by atoms with Gasteiger partial charge in [0.1, 0.15) is -0.565 Å². The van der Waals surface area contributed by atoms with Crippen LogP contribution in [0.2, 0.25) is 0 Å². The van der Waals surface area contributed by atoms with E-state index < -0.39 is 5.97 Å². The topological polar surface area (TPSA) is 60.7 Å². The van der Waals surface area contributed by atoms with Crippen molar-refractivity contribution in [2.24, 2.45) is 0 Å². The van der Waals surface area contributed by atoms with Crippen molar-refractivity contribution < 1.29 is 15.3 Å². The van der Waals surface area contributed by atoms with Gasteiger partial charge in [-0.3, -0.25) is 0 Å². The van der Waals surface area contributed by atoms with Gasteiger partial charge in [-0.05, 0) is 6.08 Å². The van der Waals surface area contributed by atoms with E-state index in [1.165, 1.54) is 6.08 Å². The molecule has 0 spiro atoms. The molecular weight excluding hydrogens is 477 g/mol. The van der Waals surface area contributed by atoms with Gasteiger partial charge in [-0.1, -0.05) is 67.8 Å². The average molecular weight is 482 g/mol. The van der Waals surface area contributed by atoms with E-state index in [1.54, 1.807) is 0 Å². The summed E-state index contributed by atoms with van der Waals surface area (Å²) in [4.78, 5) is 0. The Hall–Kier alpha value is 1.81. The van der Waals surface area contributed by atoms with Crippen LogP contribution in [-0.4, -0.2) is 20.7 Å². The van der Waals surface area contributed by atoms with E-state index in [0.717, 1.165) is 6.08 Å². The fourth-order valence-electron chi connectivity index (χ4n) is 0.206. The summed E-state index contributed by atoms with van der Waals surface area (Å²) in [6.45, 7) is 0. The van der Waals surface area contributed by atoms with Gasteiger partial charge >= 0.3 is 0 Å². The van der Waals surface area contributed by atoms with Crippen molar-refractivity contribution in [3.8, 4) is 0 Å². The molecule has 0 aliphatic heterocycles. The third-order valence-corrected chi connectivity index (χ3v) is 1.57. The Labute approximate surface area is 99.3 Å². The fourth-order valence-corrected chi connectivity index (χ4v) is 0.746. The highest BCUT2D eigenvalue weighted by Crippen LogP contribution is 2.36. The van der Waals surface area contributed by atoms with Gasteiger partial charge in [-0.25, -0.2) is 0 Å². The zero-order valence-corrected chi connectivity index (χ0v) is 11.1. The third kappa shape index (κ3) is 9.81. The SMILES string of the molecule is OC(O)(O)C=CC(I)(I)I. The largest absolute Gasteiger partial charge is 0.340 e. The van der Waals surface area contributed by atoms with Gasteiger partial charge in [0.05, 0.1) is 0 Å². The van der Waals surface area contributed by atoms with Crippen molar-refractivity contribution in [1.82, 2.24) is 0 Å². The molecule has 0 aromatic heterocycles. The van der Waals surface area contributed by atoms with E-state index in [4.69, 9.17) is 15.3 Å². The van der Waals surface area contributed by atoms with E-state index >= 15 is 0 Å². The molecule has 0 aromatic carbocycles. The molecular formula is C4H5I3O3. The minimum absolute atomic E-state index is 0.243. The highest BCUT2D eigenvalue weighted by molar-refractivity contribution is 14.3. The van der Waals surface area contributed by atoms with E-state index in [1.807, 2.05) is 0 Å². The molecule has 0 rings (SSSR count). The minimum Gasteiger partial charge on any atom is -0.340 e. The second-order valence-electron chi connectivity index (χ2n) is 1.56. The van der Waals surface area contributed by atoms with Gasteiger partial charge in [-0.2, -0.15) is 0 Å². The minimum atomic E-state index is -2.69. The molecule has 0 radical (unpaired) electrons. The molecule has 0 aliphatic rings. The summed E-state index contributed by atoms with van der Waals surface area (Å²) in [6, 6.07) is 0. The van der Waals surface area contributed by atoms with Gasteiger partial charge in [0.15, 0.2) is 0 Å². The predicted octanol–water partition coefficient (Wildman–Crippen LogP) is 1.13. The number of hydrogen-bond acceptors (Lipinski definition) is 3. The normalized spacial score (nSPS) is 14.6. The first-order valence-corrected chi connectivity index (χ1v) is 5.38. The van der Waals surface area contributed by atoms with Crippen LogP contribution in [0.1, 0.15) is 0 Å². The molecule has 60 valence electrons. The smallest absolute Gasteiger partial charge is 0.297 e. The first kappa shape index (κ1) is 11.8. The molecule has 0 heterocycles.